The van der Waals surface area contributed by atoms with Crippen LogP contribution in [0.1, 0.15) is 11.1 Å². The molecule has 0 aliphatic carbocycles. The van der Waals surface area contributed by atoms with E-state index in [1.165, 1.54) is 29.3 Å². The molecule has 0 fully saturated rings. The van der Waals surface area contributed by atoms with Crippen LogP contribution in [0.3, 0.4) is 0 Å². The molecular weight excluding hydrogens is 257 g/mol. The highest BCUT2D eigenvalue weighted by Crippen LogP contribution is 2.30. The summed E-state index contributed by atoms with van der Waals surface area (Å²) in [5.74, 6) is 1.04. The second-order valence-corrected chi connectivity index (χ2v) is 5.05. The van der Waals surface area contributed by atoms with Crippen molar-refractivity contribution in [1.29, 1.82) is 0 Å². The number of aryl methyl sites for hydroxylation is 1. The zero-order valence-electron chi connectivity index (χ0n) is 11.2. The van der Waals surface area contributed by atoms with Crippen molar-refractivity contribution in [3.63, 3.8) is 0 Å². The Hall–Kier alpha value is -2.23. The lowest BCUT2D eigenvalue weighted by atomic mass is 10.1. The minimum Gasteiger partial charge on any atom is -0.488 e. The zero-order valence-corrected chi connectivity index (χ0v) is 11.2. The maximum Gasteiger partial charge on any atom is 0.142 e. The maximum atomic E-state index is 12.9. The third-order valence-corrected chi connectivity index (χ3v) is 3.35. The molecule has 1 atom stereocenters. The molecule has 104 valence electrons. The third-order valence-electron chi connectivity index (χ3n) is 3.35. The van der Waals surface area contributed by atoms with E-state index in [0.717, 1.165) is 12.2 Å². The molecule has 0 amide bonds. The van der Waals surface area contributed by atoms with Gasteiger partial charge in [0.05, 0.1) is 5.69 Å². The molecule has 2 aromatic rings. The van der Waals surface area contributed by atoms with Gasteiger partial charge in [-0.1, -0.05) is 17.7 Å². The first-order chi connectivity index (χ1) is 9.61. The molecule has 1 heterocycles. The smallest absolute Gasteiger partial charge is 0.142 e. The summed E-state index contributed by atoms with van der Waals surface area (Å²) in [5.41, 5.74) is 8.43. The van der Waals surface area contributed by atoms with Crippen molar-refractivity contribution in [3.8, 4) is 11.5 Å². The van der Waals surface area contributed by atoms with Gasteiger partial charge in [-0.2, -0.15) is 0 Å². The van der Waals surface area contributed by atoms with E-state index in [2.05, 4.69) is 13.0 Å². The number of hydrogen-bond donors (Lipinski definition) is 1. The van der Waals surface area contributed by atoms with Crippen molar-refractivity contribution >= 4 is 5.69 Å². The quantitative estimate of drug-likeness (QED) is 0.874. The van der Waals surface area contributed by atoms with Crippen LogP contribution in [0.4, 0.5) is 10.1 Å². The Kier molecular flexibility index (Phi) is 3.22. The molecule has 1 aliphatic heterocycles. The topological polar surface area (TPSA) is 44.5 Å². The monoisotopic (exact) mass is 273 g/mol. The van der Waals surface area contributed by atoms with Crippen LogP contribution in [0, 0.1) is 12.7 Å². The third kappa shape index (κ3) is 2.54. The lowest BCUT2D eigenvalue weighted by molar-refractivity contribution is 0.149. The number of anilines is 1. The first-order valence-corrected chi connectivity index (χ1v) is 6.56. The Morgan fingerprint density at radius 3 is 2.95 bits per heavy atom. The molecule has 2 aromatic carbocycles. The van der Waals surface area contributed by atoms with Gasteiger partial charge in [0.1, 0.15) is 30.0 Å². The lowest BCUT2D eigenvalue weighted by Gasteiger charge is -2.13. The summed E-state index contributed by atoms with van der Waals surface area (Å²) >= 11 is 0. The summed E-state index contributed by atoms with van der Waals surface area (Å²) in [6, 6.07) is 10.3. The highest BCUT2D eigenvalue weighted by Gasteiger charge is 2.23. The van der Waals surface area contributed by atoms with Gasteiger partial charge >= 0.3 is 0 Å². The highest BCUT2D eigenvalue weighted by atomic mass is 19.1. The summed E-state index contributed by atoms with van der Waals surface area (Å²) in [6.45, 7) is 2.45. The standard InChI is InChI=1S/C16H16FNO2/c1-10-2-4-15-11(6-10)7-13(20-15)9-19-16-5-3-12(17)8-14(16)18/h2-6,8,13H,7,9,18H2,1H3. The maximum absolute atomic E-state index is 12.9. The first kappa shape index (κ1) is 12.8. The summed E-state index contributed by atoms with van der Waals surface area (Å²) in [7, 11) is 0. The van der Waals surface area contributed by atoms with Gasteiger partial charge in [-0.3, -0.25) is 0 Å². The van der Waals surface area contributed by atoms with Crippen LogP contribution in [0.25, 0.3) is 0 Å². The van der Waals surface area contributed by atoms with E-state index in [1.54, 1.807) is 0 Å². The molecule has 0 aromatic heterocycles. The number of fused-ring (bicyclic) bond motifs is 1. The van der Waals surface area contributed by atoms with Crippen molar-refractivity contribution in [1.82, 2.24) is 0 Å². The first-order valence-electron chi connectivity index (χ1n) is 6.56. The Balaban J connectivity index is 1.63. The second kappa shape index (κ2) is 5.04. The Morgan fingerprint density at radius 1 is 1.30 bits per heavy atom. The highest BCUT2D eigenvalue weighted by molar-refractivity contribution is 5.52. The van der Waals surface area contributed by atoms with Crippen LogP contribution >= 0.6 is 0 Å². The van der Waals surface area contributed by atoms with Crippen molar-refractivity contribution in [3.05, 3.63) is 53.3 Å². The summed E-state index contributed by atoms with van der Waals surface area (Å²) in [4.78, 5) is 0. The van der Waals surface area contributed by atoms with E-state index in [9.17, 15) is 4.39 Å². The molecule has 4 heteroatoms. The Bertz CT molecular complexity index is 642. The van der Waals surface area contributed by atoms with Crippen molar-refractivity contribution in [2.75, 3.05) is 12.3 Å². The van der Waals surface area contributed by atoms with Crippen LogP contribution < -0.4 is 15.2 Å². The Labute approximate surface area is 117 Å². The van der Waals surface area contributed by atoms with Gasteiger partial charge in [-0.15, -0.1) is 0 Å². The minimum atomic E-state index is -0.366. The van der Waals surface area contributed by atoms with Crippen molar-refractivity contribution in [2.45, 2.75) is 19.4 Å². The lowest BCUT2D eigenvalue weighted by Crippen LogP contribution is -2.22. The minimum absolute atomic E-state index is 0.0312. The number of rotatable bonds is 3. The van der Waals surface area contributed by atoms with Gasteiger partial charge in [-0.25, -0.2) is 4.39 Å². The van der Waals surface area contributed by atoms with Crippen LogP contribution in [0.2, 0.25) is 0 Å². The number of hydrogen-bond acceptors (Lipinski definition) is 3. The van der Waals surface area contributed by atoms with Gasteiger partial charge in [-0.05, 0) is 30.7 Å². The van der Waals surface area contributed by atoms with Gasteiger partial charge in [0, 0.05) is 12.5 Å². The van der Waals surface area contributed by atoms with Gasteiger partial charge in [0.25, 0.3) is 0 Å². The van der Waals surface area contributed by atoms with E-state index >= 15 is 0 Å². The predicted molar refractivity (Wildman–Crippen MR) is 75.6 cm³/mol. The van der Waals surface area contributed by atoms with E-state index in [0.29, 0.717) is 18.0 Å². The predicted octanol–water partition coefficient (Wildman–Crippen LogP) is 3.10. The molecule has 0 bridgehead atoms. The van der Waals surface area contributed by atoms with Crippen LogP contribution in [0.15, 0.2) is 36.4 Å². The molecule has 1 unspecified atom stereocenters. The molecule has 20 heavy (non-hydrogen) atoms. The van der Waals surface area contributed by atoms with Gasteiger partial charge < -0.3 is 15.2 Å². The summed E-state index contributed by atoms with van der Waals surface area (Å²) < 4.78 is 24.4. The summed E-state index contributed by atoms with van der Waals surface area (Å²) in [5, 5.41) is 0. The van der Waals surface area contributed by atoms with Crippen LogP contribution in [-0.4, -0.2) is 12.7 Å². The van der Waals surface area contributed by atoms with Gasteiger partial charge in [0.15, 0.2) is 0 Å². The van der Waals surface area contributed by atoms with Crippen LogP contribution in [-0.2, 0) is 6.42 Å². The molecule has 3 nitrogen and oxygen atoms in total. The van der Waals surface area contributed by atoms with Gasteiger partial charge in [0.2, 0.25) is 0 Å². The molecule has 0 saturated heterocycles. The number of nitrogens with two attached hydrogens (primary N) is 1. The SMILES string of the molecule is Cc1ccc2c(c1)CC(COc1ccc(F)cc1N)O2. The summed E-state index contributed by atoms with van der Waals surface area (Å²) in [6.07, 6.45) is 0.786. The van der Waals surface area contributed by atoms with E-state index in [-0.39, 0.29) is 11.9 Å². The number of benzene rings is 2. The van der Waals surface area contributed by atoms with Crippen molar-refractivity contribution < 1.29 is 13.9 Å². The fourth-order valence-electron chi connectivity index (χ4n) is 2.38. The number of ether oxygens (including phenoxy) is 2. The van der Waals surface area contributed by atoms with E-state index in [1.807, 2.05) is 12.1 Å². The molecule has 0 spiro atoms. The average molecular weight is 273 g/mol. The average Bonchev–Trinajstić information content (AvgIpc) is 2.79. The van der Waals surface area contributed by atoms with E-state index < -0.39 is 0 Å². The molecule has 0 saturated carbocycles. The normalized spacial score (nSPS) is 16.6. The molecule has 3 rings (SSSR count). The molecule has 1 aliphatic rings. The van der Waals surface area contributed by atoms with Crippen LogP contribution in [0.5, 0.6) is 11.5 Å². The van der Waals surface area contributed by atoms with Crippen molar-refractivity contribution in [2.24, 2.45) is 0 Å². The second-order valence-electron chi connectivity index (χ2n) is 5.05. The molecule has 2 N–H and O–H groups in total. The molecule has 0 radical (unpaired) electrons. The van der Waals surface area contributed by atoms with E-state index in [4.69, 9.17) is 15.2 Å². The Morgan fingerprint density at radius 2 is 2.15 bits per heavy atom. The fraction of sp³-hybridized carbons (Fsp3) is 0.250. The number of halogens is 1. The molecular formula is C16H16FNO2. The number of nitrogen functional groups attached to an aromatic ring is 1. The fourth-order valence-corrected chi connectivity index (χ4v) is 2.38. The largest absolute Gasteiger partial charge is 0.488 e. The zero-order chi connectivity index (χ0) is 14.1.